The lowest BCUT2D eigenvalue weighted by Crippen LogP contribution is -2.10. The van der Waals surface area contributed by atoms with Crippen LogP contribution in [0.25, 0.3) is 0 Å². The predicted octanol–water partition coefficient (Wildman–Crippen LogP) is 2.67. The molecule has 1 rings (SSSR count). The van der Waals surface area contributed by atoms with Crippen LogP contribution in [0.2, 0.25) is 0 Å². The molecule has 0 spiro atoms. The number of nitriles is 1. The van der Waals surface area contributed by atoms with Crippen molar-refractivity contribution in [2.24, 2.45) is 0 Å². The molecule has 0 unspecified atom stereocenters. The largest absolute Gasteiger partial charge is 0.417 e. The maximum absolute atomic E-state index is 12.4. The molecular weight excluding hydrogens is 322 g/mol. The van der Waals surface area contributed by atoms with Crippen molar-refractivity contribution in [2.45, 2.75) is 12.8 Å². The van der Waals surface area contributed by atoms with Crippen LogP contribution in [0.3, 0.4) is 0 Å². The molecule has 0 aliphatic carbocycles. The number of hydrogen-bond acceptors (Lipinski definition) is 2. The number of aliphatic hydroxyl groups excluding tert-OH is 1. The Bertz CT molecular complexity index is 423. The second-order valence-electron chi connectivity index (χ2n) is 2.72. The Morgan fingerprint density at radius 2 is 2.00 bits per heavy atom. The molecule has 0 heterocycles. The van der Waals surface area contributed by atoms with Crippen molar-refractivity contribution in [1.82, 2.24) is 0 Å². The summed E-state index contributed by atoms with van der Waals surface area (Å²) in [5.74, 6) is 0. The smallest absolute Gasteiger partial charge is 0.392 e. The summed E-state index contributed by atoms with van der Waals surface area (Å²) in [5.41, 5.74) is -1.49. The summed E-state index contributed by atoms with van der Waals surface area (Å²) < 4.78 is 37.8. The molecule has 0 saturated carbocycles. The van der Waals surface area contributed by atoms with E-state index in [4.69, 9.17) is 10.4 Å². The molecule has 0 aliphatic heterocycles. The Morgan fingerprint density at radius 3 is 2.40 bits per heavy atom. The standard InChI is InChI=1S/C9H5F3INO/c10-9(11,12)7-1-2-8(13)6(4-15)5(7)3-14/h1-2,15H,4H2. The van der Waals surface area contributed by atoms with Gasteiger partial charge >= 0.3 is 6.18 Å². The van der Waals surface area contributed by atoms with Crippen molar-refractivity contribution in [1.29, 1.82) is 5.26 Å². The maximum atomic E-state index is 12.4. The SMILES string of the molecule is N#Cc1c(C(F)(F)F)ccc(I)c1CO. The summed E-state index contributed by atoms with van der Waals surface area (Å²) >= 11 is 1.78. The van der Waals surface area contributed by atoms with E-state index in [9.17, 15) is 13.2 Å². The van der Waals surface area contributed by atoms with Crippen LogP contribution in [0.15, 0.2) is 12.1 Å². The number of hydrogen-bond donors (Lipinski definition) is 1. The van der Waals surface area contributed by atoms with Gasteiger partial charge in [-0.15, -0.1) is 0 Å². The zero-order valence-electron chi connectivity index (χ0n) is 7.27. The second-order valence-corrected chi connectivity index (χ2v) is 3.88. The first kappa shape index (κ1) is 12.3. The number of benzene rings is 1. The van der Waals surface area contributed by atoms with Gasteiger partial charge in [-0.25, -0.2) is 0 Å². The van der Waals surface area contributed by atoms with Crippen LogP contribution in [0.5, 0.6) is 0 Å². The van der Waals surface area contributed by atoms with Crippen LogP contribution in [0.4, 0.5) is 13.2 Å². The molecule has 0 fully saturated rings. The minimum Gasteiger partial charge on any atom is -0.392 e. The molecule has 6 heteroatoms. The average molecular weight is 327 g/mol. The lowest BCUT2D eigenvalue weighted by atomic mass is 10.0. The van der Waals surface area contributed by atoms with Gasteiger partial charge in [-0.1, -0.05) is 0 Å². The topological polar surface area (TPSA) is 44.0 Å². The van der Waals surface area contributed by atoms with Gasteiger partial charge in [0.05, 0.1) is 17.7 Å². The summed E-state index contributed by atoms with van der Waals surface area (Å²) in [6.45, 7) is -0.578. The fourth-order valence-corrected chi connectivity index (χ4v) is 1.76. The van der Waals surface area contributed by atoms with E-state index in [0.29, 0.717) is 3.57 Å². The van der Waals surface area contributed by atoms with Crippen LogP contribution in [-0.2, 0) is 12.8 Å². The Hall–Kier alpha value is -0.810. The van der Waals surface area contributed by atoms with Crippen LogP contribution in [0, 0.1) is 14.9 Å². The highest BCUT2D eigenvalue weighted by Crippen LogP contribution is 2.34. The van der Waals surface area contributed by atoms with Crippen molar-refractivity contribution in [3.8, 4) is 6.07 Å². The normalized spacial score (nSPS) is 11.2. The summed E-state index contributed by atoms with van der Waals surface area (Å²) in [6.07, 6.45) is -4.57. The third-order valence-electron chi connectivity index (χ3n) is 1.83. The molecule has 0 bridgehead atoms. The fourth-order valence-electron chi connectivity index (χ4n) is 1.14. The molecule has 1 N–H and O–H groups in total. The van der Waals surface area contributed by atoms with Gasteiger partial charge in [0.2, 0.25) is 0 Å². The number of halogens is 4. The van der Waals surface area contributed by atoms with Crippen molar-refractivity contribution in [3.05, 3.63) is 32.4 Å². The molecule has 2 nitrogen and oxygen atoms in total. The van der Waals surface area contributed by atoms with Gasteiger partial charge in [-0.2, -0.15) is 18.4 Å². The molecule has 80 valence electrons. The van der Waals surface area contributed by atoms with Crippen LogP contribution < -0.4 is 0 Å². The minimum atomic E-state index is -4.57. The summed E-state index contributed by atoms with van der Waals surface area (Å²) in [4.78, 5) is 0. The first-order valence-corrected chi connectivity index (χ1v) is 4.89. The molecule has 0 amide bonds. The van der Waals surface area contributed by atoms with Gasteiger partial charge in [0.25, 0.3) is 0 Å². The molecule has 1 aromatic rings. The zero-order valence-corrected chi connectivity index (χ0v) is 9.43. The van der Waals surface area contributed by atoms with Crippen molar-refractivity contribution < 1.29 is 18.3 Å². The summed E-state index contributed by atoms with van der Waals surface area (Å²) in [5, 5.41) is 17.6. The molecule has 0 aliphatic rings. The first-order valence-electron chi connectivity index (χ1n) is 3.81. The fraction of sp³-hybridized carbons (Fsp3) is 0.222. The van der Waals surface area contributed by atoms with Gasteiger partial charge in [0, 0.05) is 9.13 Å². The molecule has 15 heavy (non-hydrogen) atoms. The van der Waals surface area contributed by atoms with Crippen molar-refractivity contribution in [3.63, 3.8) is 0 Å². The lowest BCUT2D eigenvalue weighted by molar-refractivity contribution is -0.137. The number of rotatable bonds is 1. The molecule has 1 aromatic carbocycles. The van der Waals surface area contributed by atoms with Gasteiger partial charge in [0.15, 0.2) is 0 Å². The second kappa shape index (κ2) is 4.37. The molecule has 0 aromatic heterocycles. The number of aliphatic hydroxyl groups is 1. The van der Waals surface area contributed by atoms with Crippen molar-refractivity contribution in [2.75, 3.05) is 0 Å². The van der Waals surface area contributed by atoms with E-state index in [0.717, 1.165) is 6.07 Å². The van der Waals surface area contributed by atoms with Gasteiger partial charge in [-0.05, 0) is 34.7 Å². The highest BCUT2D eigenvalue weighted by atomic mass is 127. The third kappa shape index (κ3) is 2.41. The van der Waals surface area contributed by atoms with Gasteiger partial charge in [0.1, 0.15) is 6.07 Å². The maximum Gasteiger partial charge on any atom is 0.417 e. The van der Waals surface area contributed by atoms with Crippen LogP contribution >= 0.6 is 22.6 Å². The van der Waals surface area contributed by atoms with E-state index in [1.54, 1.807) is 22.6 Å². The molecular formula is C9H5F3INO. The third-order valence-corrected chi connectivity index (χ3v) is 2.84. The quantitative estimate of drug-likeness (QED) is 0.806. The lowest BCUT2D eigenvalue weighted by Gasteiger charge is -2.12. The van der Waals surface area contributed by atoms with E-state index >= 15 is 0 Å². The Kier molecular flexibility index (Phi) is 3.57. The monoisotopic (exact) mass is 327 g/mol. The number of alkyl halides is 3. The van der Waals surface area contributed by atoms with Gasteiger partial charge < -0.3 is 5.11 Å². The van der Waals surface area contributed by atoms with E-state index in [1.807, 2.05) is 0 Å². The molecule has 0 atom stereocenters. The van der Waals surface area contributed by atoms with Gasteiger partial charge in [-0.3, -0.25) is 0 Å². The van der Waals surface area contributed by atoms with Crippen LogP contribution in [0.1, 0.15) is 16.7 Å². The highest BCUT2D eigenvalue weighted by molar-refractivity contribution is 14.1. The van der Waals surface area contributed by atoms with E-state index in [2.05, 4.69) is 0 Å². The minimum absolute atomic E-state index is 0.0212. The highest BCUT2D eigenvalue weighted by Gasteiger charge is 2.34. The summed E-state index contributed by atoms with van der Waals surface area (Å²) in [6, 6.07) is 3.56. The number of nitrogens with zero attached hydrogens (tertiary/aromatic N) is 1. The molecule has 0 radical (unpaired) electrons. The first-order chi connectivity index (χ1) is 6.91. The molecule has 0 saturated heterocycles. The summed E-state index contributed by atoms with van der Waals surface area (Å²) in [7, 11) is 0. The van der Waals surface area contributed by atoms with Crippen LogP contribution in [-0.4, -0.2) is 5.11 Å². The van der Waals surface area contributed by atoms with E-state index in [1.165, 1.54) is 12.1 Å². The van der Waals surface area contributed by atoms with E-state index < -0.39 is 23.9 Å². The van der Waals surface area contributed by atoms with Crippen molar-refractivity contribution >= 4 is 22.6 Å². The zero-order chi connectivity index (χ0) is 11.6. The average Bonchev–Trinajstić information content (AvgIpc) is 2.15. The Labute approximate surface area is 97.5 Å². The Balaban J connectivity index is 3.51. The predicted molar refractivity (Wildman–Crippen MR) is 54.8 cm³/mol. The van der Waals surface area contributed by atoms with E-state index in [-0.39, 0.29) is 5.56 Å². The Morgan fingerprint density at radius 1 is 1.40 bits per heavy atom.